The van der Waals surface area contributed by atoms with E-state index in [4.69, 9.17) is 0 Å². The maximum Gasteiger partial charge on any atom is 0.282 e. The van der Waals surface area contributed by atoms with Crippen LogP contribution in [-0.2, 0) is 0 Å². The van der Waals surface area contributed by atoms with Crippen LogP contribution >= 0.6 is 0 Å². The van der Waals surface area contributed by atoms with Crippen molar-refractivity contribution in [2.45, 2.75) is 32.2 Å². The molecule has 2 N–H and O–H groups in total. The van der Waals surface area contributed by atoms with E-state index in [-0.39, 0.29) is 17.2 Å². The summed E-state index contributed by atoms with van der Waals surface area (Å²) >= 11 is 0. The van der Waals surface area contributed by atoms with Crippen LogP contribution < -0.4 is 10.6 Å². The maximum atomic E-state index is 12.1. The number of aryl methyl sites for hydroxylation is 1. The lowest BCUT2D eigenvalue weighted by molar-refractivity contribution is -0.385. The highest BCUT2D eigenvalue weighted by Gasteiger charge is 2.20. The molecule has 2 rings (SSSR count). The van der Waals surface area contributed by atoms with Gasteiger partial charge in [-0.25, -0.2) is 0 Å². The lowest BCUT2D eigenvalue weighted by atomic mass is 10.1. The molecule has 1 saturated heterocycles. The van der Waals surface area contributed by atoms with Gasteiger partial charge < -0.3 is 10.6 Å². The van der Waals surface area contributed by atoms with E-state index in [9.17, 15) is 14.9 Å². The van der Waals surface area contributed by atoms with Crippen LogP contribution in [-0.4, -0.2) is 30.0 Å². The molecule has 0 aliphatic carbocycles. The Morgan fingerprint density at radius 3 is 3.00 bits per heavy atom. The number of amides is 1. The highest BCUT2D eigenvalue weighted by atomic mass is 16.6. The number of carbonyl (C=O) groups excluding carboxylic acids is 1. The van der Waals surface area contributed by atoms with Gasteiger partial charge in [-0.05, 0) is 44.4 Å². The van der Waals surface area contributed by atoms with Crippen molar-refractivity contribution in [3.05, 3.63) is 39.4 Å². The van der Waals surface area contributed by atoms with E-state index in [1.165, 1.54) is 12.5 Å². The molecule has 0 spiro atoms. The summed E-state index contributed by atoms with van der Waals surface area (Å²) in [4.78, 5) is 22.5. The normalized spacial score (nSPS) is 17.9. The van der Waals surface area contributed by atoms with Crippen molar-refractivity contribution >= 4 is 11.6 Å². The molecule has 108 valence electrons. The number of nitro groups is 1. The Balaban J connectivity index is 1.97. The van der Waals surface area contributed by atoms with Crippen molar-refractivity contribution < 1.29 is 9.72 Å². The SMILES string of the molecule is Cc1ccc([N+](=O)[O-])c(C(=O)NCCC2CCCN2)c1. The fourth-order valence-corrected chi connectivity index (χ4v) is 2.45. The van der Waals surface area contributed by atoms with Gasteiger partial charge in [-0.1, -0.05) is 6.07 Å². The number of nitrogens with one attached hydrogen (secondary N) is 2. The van der Waals surface area contributed by atoms with Crippen LogP contribution in [0.25, 0.3) is 0 Å². The Kier molecular flexibility index (Phi) is 4.68. The minimum absolute atomic E-state index is 0.134. The third-order valence-corrected chi connectivity index (χ3v) is 3.53. The summed E-state index contributed by atoms with van der Waals surface area (Å²) in [6.07, 6.45) is 3.15. The number of hydrogen-bond acceptors (Lipinski definition) is 4. The number of rotatable bonds is 5. The Morgan fingerprint density at radius 2 is 2.35 bits per heavy atom. The van der Waals surface area contributed by atoms with E-state index in [0.717, 1.165) is 24.9 Å². The van der Waals surface area contributed by atoms with E-state index in [1.54, 1.807) is 12.1 Å². The van der Waals surface area contributed by atoms with E-state index in [2.05, 4.69) is 10.6 Å². The summed E-state index contributed by atoms with van der Waals surface area (Å²) < 4.78 is 0. The van der Waals surface area contributed by atoms with Gasteiger partial charge in [-0.15, -0.1) is 0 Å². The molecule has 1 fully saturated rings. The molecule has 1 aliphatic heterocycles. The van der Waals surface area contributed by atoms with Gasteiger partial charge in [0, 0.05) is 18.7 Å². The van der Waals surface area contributed by atoms with Crippen LogP contribution in [0.1, 0.15) is 35.2 Å². The number of hydrogen-bond donors (Lipinski definition) is 2. The van der Waals surface area contributed by atoms with Gasteiger partial charge in [0.1, 0.15) is 5.56 Å². The van der Waals surface area contributed by atoms with Crippen molar-refractivity contribution in [3.8, 4) is 0 Å². The Labute approximate surface area is 117 Å². The maximum absolute atomic E-state index is 12.1. The Hall–Kier alpha value is -1.95. The summed E-state index contributed by atoms with van der Waals surface area (Å²) in [6, 6.07) is 5.02. The fourth-order valence-electron chi connectivity index (χ4n) is 2.45. The number of nitro benzene ring substituents is 1. The Bertz CT molecular complexity index is 510. The number of benzene rings is 1. The van der Waals surface area contributed by atoms with Crippen molar-refractivity contribution in [2.75, 3.05) is 13.1 Å². The first-order valence-corrected chi connectivity index (χ1v) is 6.84. The van der Waals surface area contributed by atoms with E-state index < -0.39 is 4.92 Å². The molecule has 1 aliphatic rings. The lowest BCUT2D eigenvalue weighted by Crippen LogP contribution is -2.30. The van der Waals surface area contributed by atoms with Crippen LogP contribution in [0.15, 0.2) is 18.2 Å². The van der Waals surface area contributed by atoms with Gasteiger partial charge in [0.25, 0.3) is 11.6 Å². The highest BCUT2D eigenvalue weighted by molar-refractivity contribution is 5.98. The van der Waals surface area contributed by atoms with Crippen LogP contribution in [0, 0.1) is 17.0 Å². The zero-order valence-electron chi connectivity index (χ0n) is 11.5. The molecule has 1 aromatic rings. The number of nitrogens with zero attached hydrogens (tertiary/aromatic N) is 1. The summed E-state index contributed by atoms with van der Waals surface area (Å²) in [6.45, 7) is 3.37. The van der Waals surface area contributed by atoms with Crippen molar-refractivity contribution in [1.29, 1.82) is 0 Å². The summed E-state index contributed by atoms with van der Waals surface area (Å²) in [5.74, 6) is -0.376. The monoisotopic (exact) mass is 277 g/mol. The molecule has 6 heteroatoms. The molecule has 1 atom stereocenters. The zero-order chi connectivity index (χ0) is 14.5. The standard InChI is InChI=1S/C14H19N3O3/c1-10-4-5-13(17(19)20)12(9-10)14(18)16-8-6-11-3-2-7-15-11/h4-5,9,11,15H,2-3,6-8H2,1H3,(H,16,18). The average molecular weight is 277 g/mol. The quantitative estimate of drug-likeness (QED) is 0.634. The van der Waals surface area contributed by atoms with Gasteiger partial charge >= 0.3 is 0 Å². The zero-order valence-corrected chi connectivity index (χ0v) is 11.5. The lowest BCUT2D eigenvalue weighted by Gasteiger charge is -2.11. The second-order valence-corrected chi connectivity index (χ2v) is 5.12. The average Bonchev–Trinajstić information content (AvgIpc) is 2.91. The second kappa shape index (κ2) is 6.47. The van der Waals surface area contributed by atoms with Gasteiger partial charge in [0.15, 0.2) is 0 Å². The first-order chi connectivity index (χ1) is 9.58. The molecule has 1 aromatic carbocycles. The van der Waals surface area contributed by atoms with Crippen molar-refractivity contribution in [1.82, 2.24) is 10.6 Å². The minimum Gasteiger partial charge on any atom is -0.352 e. The third-order valence-electron chi connectivity index (χ3n) is 3.53. The fraction of sp³-hybridized carbons (Fsp3) is 0.500. The molecule has 0 bridgehead atoms. The van der Waals surface area contributed by atoms with Crippen LogP contribution in [0.2, 0.25) is 0 Å². The van der Waals surface area contributed by atoms with E-state index in [1.807, 2.05) is 6.92 Å². The predicted octanol–water partition coefficient (Wildman–Crippen LogP) is 1.78. The summed E-state index contributed by atoms with van der Waals surface area (Å²) in [7, 11) is 0. The topological polar surface area (TPSA) is 84.3 Å². The first kappa shape index (κ1) is 14.5. The molecule has 0 saturated carbocycles. The molecule has 1 heterocycles. The van der Waals surface area contributed by atoms with Crippen molar-refractivity contribution in [2.24, 2.45) is 0 Å². The smallest absolute Gasteiger partial charge is 0.282 e. The molecule has 1 amide bonds. The molecular formula is C14H19N3O3. The molecule has 0 radical (unpaired) electrons. The molecule has 20 heavy (non-hydrogen) atoms. The summed E-state index contributed by atoms with van der Waals surface area (Å²) in [5.41, 5.74) is 0.819. The summed E-state index contributed by atoms with van der Waals surface area (Å²) in [5, 5.41) is 17.1. The minimum atomic E-state index is -0.521. The van der Waals surface area contributed by atoms with E-state index >= 15 is 0 Å². The molecular weight excluding hydrogens is 258 g/mol. The molecule has 6 nitrogen and oxygen atoms in total. The third kappa shape index (κ3) is 3.54. The van der Waals surface area contributed by atoms with Gasteiger partial charge in [-0.2, -0.15) is 0 Å². The highest BCUT2D eigenvalue weighted by Crippen LogP contribution is 2.19. The Morgan fingerprint density at radius 1 is 1.55 bits per heavy atom. The van der Waals surface area contributed by atoms with Crippen LogP contribution in [0.3, 0.4) is 0 Å². The van der Waals surface area contributed by atoms with Gasteiger partial charge in [0.05, 0.1) is 4.92 Å². The molecule has 1 unspecified atom stereocenters. The molecule has 0 aromatic heterocycles. The second-order valence-electron chi connectivity index (χ2n) is 5.12. The van der Waals surface area contributed by atoms with Crippen LogP contribution in [0.4, 0.5) is 5.69 Å². The van der Waals surface area contributed by atoms with Crippen molar-refractivity contribution in [3.63, 3.8) is 0 Å². The van der Waals surface area contributed by atoms with Gasteiger partial charge in [-0.3, -0.25) is 14.9 Å². The predicted molar refractivity (Wildman–Crippen MR) is 75.8 cm³/mol. The largest absolute Gasteiger partial charge is 0.352 e. The van der Waals surface area contributed by atoms with Gasteiger partial charge in [0.2, 0.25) is 0 Å². The van der Waals surface area contributed by atoms with Crippen LogP contribution in [0.5, 0.6) is 0 Å². The first-order valence-electron chi connectivity index (χ1n) is 6.84. The number of carbonyl (C=O) groups is 1. The van der Waals surface area contributed by atoms with E-state index in [0.29, 0.717) is 12.6 Å².